The Kier molecular flexibility index (Phi) is 6.95. The van der Waals surface area contributed by atoms with E-state index in [0.29, 0.717) is 18.5 Å². The first-order chi connectivity index (χ1) is 11.1. The minimum atomic E-state index is -1.07. The first-order valence-corrected chi connectivity index (χ1v) is 8.03. The largest absolute Gasteiger partial charge is 0.480 e. The number of carboxylic acids is 1. The van der Waals surface area contributed by atoms with Crippen LogP contribution in [0, 0.1) is 0 Å². The fourth-order valence-electron chi connectivity index (χ4n) is 2.22. The maximum atomic E-state index is 12.1. The number of nitrogens with zero attached hydrogens (tertiary/aromatic N) is 1. The van der Waals surface area contributed by atoms with Crippen molar-refractivity contribution in [3.63, 3.8) is 0 Å². The third kappa shape index (κ3) is 6.02. The predicted molar refractivity (Wildman–Crippen MR) is 92.0 cm³/mol. The van der Waals surface area contributed by atoms with E-state index in [1.165, 1.54) is 4.90 Å². The predicted octanol–water partition coefficient (Wildman–Crippen LogP) is 2.04. The molecule has 1 aromatic rings. The monoisotopic (exact) mass is 334 g/mol. The summed E-state index contributed by atoms with van der Waals surface area (Å²) in [7, 11) is 0. The van der Waals surface area contributed by atoms with Gasteiger partial charge in [0, 0.05) is 12.1 Å². The molecule has 0 aliphatic rings. The van der Waals surface area contributed by atoms with Gasteiger partial charge in [-0.2, -0.15) is 0 Å². The van der Waals surface area contributed by atoms with Gasteiger partial charge < -0.3 is 15.3 Å². The maximum Gasteiger partial charge on any atom is 0.323 e. The molecule has 0 heterocycles. The Morgan fingerprint density at radius 1 is 1.12 bits per heavy atom. The number of rotatable bonds is 7. The molecule has 0 aromatic heterocycles. The molecular weight excluding hydrogens is 308 g/mol. The molecule has 24 heavy (non-hydrogen) atoms. The van der Waals surface area contributed by atoms with Crippen LogP contribution in [0.15, 0.2) is 24.3 Å². The molecule has 0 aliphatic carbocycles. The molecule has 6 heteroatoms. The molecule has 0 spiro atoms. The Bertz CT molecular complexity index is 588. The standard InChI is InChI=1S/C18H26N2O4/c1-5-10-20(12-16(22)23)15(21)11-19-17(24)13-6-8-14(9-7-13)18(2,3)4/h6-9H,5,10-12H2,1-4H3,(H,19,24)(H,22,23). The van der Waals surface area contributed by atoms with Gasteiger partial charge in [-0.05, 0) is 29.5 Å². The second-order valence-corrected chi connectivity index (χ2v) is 6.72. The molecular formula is C18H26N2O4. The van der Waals surface area contributed by atoms with E-state index in [-0.39, 0.29) is 24.4 Å². The van der Waals surface area contributed by atoms with Gasteiger partial charge >= 0.3 is 5.97 Å². The lowest BCUT2D eigenvalue weighted by Gasteiger charge is -2.20. The zero-order chi connectivity index (χ0) is 18.3. The van der Waals surface area contributed by atoms with E-state index in [1.807, 2.05) is 19.1 Å². The number of amides is 2. The summed E-state index contributed by atoms with van der Waals surface area (Å²) in [5.41, 5.74) is 1.59. The average Bonchev–Trinajstić information content (AvgIpc) is 2.50. The number of benzene rings is 1. The van der Waals surface area contributed by atoms with Gasteiger partial charge in [0.05, 0.1) is 6.54 Å². The first kappa shape index (κ1) is 19.7. The third-order valence-corrected chi connectivity index (χ3v) is 3.59. The SMILES string of the molecule is CCCN(CC(=O)O)C(=O)CNC(=O)c1ccc(C(C)(C)C)cc1. The molecule has 0 aliphatic heterocycles. The molecule has 2 N–H and O–H groups in total. The van der Waals surface area contributed by atoms with Crippen LogP contribution in [0.4, 0.5) is 0 Å². The fourth-order valence-corrected chi connectivity index (χ4v) is 2.22. The summed E-state index contributed by atoms with van der Waals surface area (Å²) in [4.78, 5) is 36.2. The number of carboxylic acid groups (broad SMARTS) is 1. The second-order valence-electron chi connectivity index (χ2n) is 6.72. The van der Waals surface area contributed by atoms with Crippen molar-refractivity contribution in [1.29, 1.82) is 0 Å². The van der Waals surface area contributed by atoms with E-state index in [1.54, 1.807) is 12.1 Å². The van der Waals surface area contributed by atoms with Crippen LogP contribution in [0.2, 0.25) is 0 Å². The summed E-state index contributed by atoms with van der Waals surface area (Å²) in [5, 5.41) is 11.4. The van der Waals surface area contributed by atoms with Gasteiger partial charge in [-0.1, -0.05) is 39.8 Å². The lowest BCUT2D eigenvalue weighted by molar-refractivity contribution is -0.144. The van der Waals surface area contributed by atoms with Crippen LogP contribution >= 0.6 is 0 Å². The van der Waals surface area contributed by atoms with Crippen LogP contribution in [0.5, 0.6) is 0 Å². The lowest BCUT2D eigenvalue weighted by Crippen LogP contribution is -2.42. The minimum absolute atomic E-state index is 0.00244. The summed E-state index contributed by atoms with van der Waals surface area (Å²) < 4.78 is 0. The van der Waals surface area contributed by atoms with E-state index in [4.69, 9.17) is 5.11 Å². The lowest BCUT2D eigenvalue weighted by atomic mass is 9.87. The number of carbonyl (C=O) groups excluding carboxylic acids is 2. The molecule has 132 valence electrons. The highest BCUT2D eigenvalue weighted by molar-refractivity contribution is 5.96. The van der Waals surface area contributed by atoms with Crippen molar-refractivity contribution in [3.05, 3.63) is 35.4 Å². The highest BCUT2D eigenvalue weighted by Gasteiger charge is 2.18. The van der Waals surface area contributed by atoms with Crippen molar-refractivity contribution in [2.75, 3.05) is 19.6 Å². The maximum absolute atomic E-state index is 12.1. The number of hydrogen-bond donors (Lipinski definition) is 2. The Hall–Kier alpha value is -2.37. The van der Waals surface area contributed by atoms with Crippen LogP contribution in [0.3, 0.4) is 0 Å². The summed E-state index contributed by atoms with van der Waals surface area (Å²) in [6.07, 6.45) is 0.654. The zero-order valence-electron chi connectivity index (χ0n) is 14.8. The summed E-state index contributed by atoms with van der Waals surface area (Å²) in [6.45, 7) is 7.90. The van der Waals surface area contributed by atoms with E-state index in [0.717, 1.165) is 5.56 Å². The van der Waals surface area contributed by atoms with Gasteiger partial charge in [0.2, 0.25) is 5.91 Å². The number of aliphatic carboxylic acids is 1. The van der Waals surface area contributed by atoms with Gasteiger partial charge in [0.1, 0.15) is 6.54 Å². The molecule has 6 nitrogen and oxygen atoms in total. The van der Waals surface area contributed by atoms with E-state index in [2.05, 4.69) is 26.1 Å². The van der Waals surface area contributed by atoms with Crippen molar-refractivity contribution in [3.8, 4) is 0 Å². The normalized spacial score (nSPS) is 11.0. The summed E-state index contributed by atoms with van der Waals surface area (Å²) in [5.74, 6) is -1.82. The van der Waals surface area contributed by atoms with Crippen molar-refractivity contribution in [1.82, 2.24) is 10.2 Å². The molecule has 0 unspecified atom stereocenters. The molecule has 0 atom stereocenters. The molecule has 0 radical (unpaired) electrons. The van der Waals surface area contributed by atoms with Crippen LogP contribution in [-0.2, 0) is 15.0 Å². The quantitative estimate of drug-likeness (QED) is 0.799. The fraction of sp³-hybridized carbons (Fsp3) is 0.500. The van der Waals surface area contributed by atoms with Crippen LogP contribution in [0.25, 0.3) is 0 Å². The second kappa shape index (κ2) is 8.47. The van der Waals surface area contributed by atoms with E-state index < -0.39 is 11.9 Å². The molecule has 0 fully saturated rings. The molecule has 0 saturated carbocycles. The van der Waals surface area contributed by atoms with Gasteiger partial charge in [-0.25, -0.2) is 0 Å². The van der Waals surface area contributed by atoms with Gasteiger partial charge in [-0.15, -0.1) is 0 Å². The molecule has 1 rings (SSSR count). The van der Waals surface area contributed by atoms with Crippen LogP contribution in [0.1, 0.15) is 50.0 Å². The van der Waals surface area contributed by atoms with Crippen LogP contribution < -0.4 is 5.32 Å². The number of nitrogens with one attached hydrogen (secondary N) is 1. The van der Waals surface area contributed by atoms with Crippen molar-refractivity contribution < 1.29 is 19.5 Å². The van der Waals surface area contributed by atoms with Crippen molar-refractivity contribution >= 4 is 17.8 Å². The highest BCUT2D eigenvalue weighted by atomic mass is 16.4. The average molecular weight is 334 g/mol. The molecule has 0 saturated heterocycles. The van der Waals surface area contributed by atoms with Crippen LogP contribution in [-0.4, -0.2) is 47.4 Å². The Morgan fingerprint density at radius 2 is 1.71 bits per heavy atom. The van der Waals surface area contributed by atoms with E-state index >= 15 is 0 Å². The third-order valence-electron chi connectivity index (χ3n) is 3.59. The van der Waals surface area contributed by atoms with Gasteiger partial charge in [0.25, 0.3) is 5.91 Å². The van der Waals surface area contributed by atoms with Crippen molar-refractivity contribution in [2.45, 2.75) is 39.5 Å². The topological polar surface area (TPSA) is 86.7 Å². The van der Waals surface area contributed by atoms with E-state index in [9.17, 15) is 14.4 Å². The summed E-state index contributed by atoms with van der Waals surface area (Å²) in [6, 6.07) is 7.23. The number of hydrogen-bond acceptors (Lipinski definition) is 3. The number of carbonyl (C=O) groups is 3. The Morgan fingerprint density at radius 3 is 2.17 bits per heavy atom. The zero-order valence-corrected chi connectivity index (χ0v) is 14.8. The van der Waals surface area contributed by atoms with Crippen molar-refractivity contribution in [2.24, 2.45) is 0 Å². The minimum Gasteiger partial charge on any atom is -0.480 e. The summed E-state index contributed by atoms with van der Waals surface area (Å²) >= 11 is 0. The smallest absolute Gasteiger partial charge is 0.323 e. The molecule has 0 bridgehead atoms. The molecule has 1 aromatic carbocycles. The Labute approximate surface area is 142 Å². The van der Waals surface area contributed by atoms with Gasteiger partial charge in [-0.3, -0.25) is 14.4 Å². The highest BCUT2D eigenvalue weighted by Crippen LogP contribution is 2.22. The Balaban J connectivity index is 2.64. The first-order valence-electron chi connectivity index (χ1n) is 8.03. The van der Waals surface area contributed by atoms with Gasteiger partial charge in [0.15, 0.2) is 0 Å². The molecule has 2 amide bonds.